The van der Waals surface area contributed by atoms with Crippen LogP contribution in [-0.4, -0.2) is 22.6 Å². The molecule has 0 aliphatic carbocycles. The summed E-state index contributed by atoms with van der Waals surface area (Å²) in [6.45, 7) is 3.67. The van der Waals surface area contributed by atoms with E-state index in [0.29, 0.717) is 29.0 Å². The van der Waals surface area contributed by atoms with Gasteiger partial charge in [0.05, 0.1) is 24.6 Å². The number of para-hydroxylation sites is 1. The highest BCUT2D eigenvalue weighted by Crippen LogP contribution is 2.29. The molecular weight excluding hydrogens is 390 g/mol. The number of carbonyl (C=O) groups is 1. The summed E-state index contributed by atoms with van der Waals surface area (Å²) in [6, 6.07) is 21.1. The van der Waals surface area contributed by atoms with Gasteiger partial charge in [0.1, 0.15) is 11.6 Å². The average molecular weight is 413 g/mol. The number of benzene rings is 3. The van der Waals surface area contributed by atoms with Gasteiger partial charge in [0.2, 0.25) is 5.91 Å². The Hall–Kier alpha value is -3.93. The Kier molecular flexibility index (Phi) is 5.54. The highest BCUT2D eigenvalue weighted by atomic mass is 16.5. The lowest BCUT2D eigenvalue weighted by atomic mass is 10.0. The smallest absolute Gasteiger partial charge is 0.261 e. The van der Waals surface area contributed by atoms with E-state index >= 15 is 0 Å². The number of methoxy groups -OCH3 is 1. The van der Waals surface area contributed by atoms with Gasteiger partial charge in [0.15, 0.2) is 0 Å². The zero-order valence-corrected chi connectivity index (χ0v) is 17.7. The van der Waals surface area contributed by atoms with Crippen LogP contribution in [0.5, 0.6) is 5.75 Å². The Balaban J connectivity index is 1.68. The number of aromatic nitrogens is 2. The quantitative estimate of drug-likeness (QED) is 0.527. The van der Waals surface area contributed by atoms with Crippen molar-refractivity contribution >= 4 is 22.5 Å². The number of nitrogens with one attached hydrogen (secondary N) is 1. The van der Waals surface area contributed by atoms with Gasteiger partial charge in [-0.2, -0.15) is 0 Å². The first-order valence-electron chi connectivity index (χ1n) is 9.97. The molecule has 0 fully saturated rings. The number of hydrogen-bond acceptors (Lipinski definition) is 4. The molecule has 1 heterocycles. The molecule has 0 radical (unpaired) electrons. The summed E-state index contributed by atoms with van der Waals surface area (Å²) in [4.78, 5) is 29.1. The number of fused-ring (bicyclic) bond motifs is 1. The van der Waals surface area contributed by atoms with E-state index in [-0.39, 0.29) is 11.5 Å². The van der Waals surface area contributed by atoms with Crippen LogP contribution in [-0.2, 0) is 11.3 Å². The zero-order chi connectivity index (χ0) is 22.0. The number of nitrogens with zero attached hydrogens (tertiary/aromatic N) is 2. The number of carbonyl (C=O) groups excluding carboxylic acids is 1. The molecular formula is C25H23N3O3. The summed E-state index contributed by atoms with van der Waals surface area (Å²) in [5.74, 6) is 1.27. The molecule has 0 aliphatic heterocycles. The van der Waals surface area contributed by atoms with Crippen molar-refractivity contribution in [1.29, 1.82) is 0 Å². The normalized spacial score (nSPS) is 10.8. The van der Waals surface area contributed by atoms with Crippen LogP contribution in [0.4, 0.5) is 5.69 Å². The lowest BCUT2D eigenvalue weighted by molar-refractivity contribution is -0.114. The highest BCUT2D eigenvalue weighted by molar-refractivity contribution is 5.92. The SMILES string of the molecule is COc1ccccc1-c1ccc(Cn2c(C)nc3ccc(NC(C)=O)cc3c2=O)cc1. The van der Waals surface area contributed by atoms with E-state index in [9.17, 15) is 9.59 Å². The molecule has 1 amide bonds. The molecule has 6 heteroatoms. The van der Waals surface area contributed by atoms with Crippen molar-refractivity contribution < 1.29 is 9.53 Å². The van der Waals surface area contributed by atoms with E-state index in [1.165, 1.54) is 6.92 Å². The van der Waals surface area contributed by atoms with Crippen LogP contribution in [0, 0.1) is 6.92 Å². The molecule has 1 N–H and O–H groups in total. The molecule has 6 nitrogen and oxygen atoms in total. The minimum absolute atomic E-state index is 0.136. The molecule has 0 saturated carbocycles. The zero-order valence-electron chi connectivity index (χ0n) is 17.7. The molecule has 31 heavy (non-hydrogen) atoms. The Labute approximate surface area is 180 Å². The molecule has 3 aromatic carbocycles. The summed E-state index contributed by atoms with van der Waals surface area (Å²) in [6.07, 6.45) is 0. The third kappa shape index (κ3) is 4.19. The Bertz CT molecular complexity index is 1320. The second-order valence-electron chi connectivity index (χ2n) is 7.36. The largest absolute Gasteiger partial charge is 0.496 e. The van der Waals surface area contributed by atoms with Crippen molar-refractivity contribution in [2.24, 2.45) is 0 Å². The number of aryl methyl sites for hydroxylation is 1. The van der Waals surface area contributed by atoms with Crippen LogP contribution in [0.1, 0.15) is 18.3 Å². The number of hydrogen-bond donors (Lipinski definition) is 1. The average Bonchev–Trinajstić information content (AvgIpc) is 2.77. The van der Waals surface area contributed by atoms with Crippen molar-refractivity contribution in [3.8, 4) is 16.9 Å². The maximum Gasteiger partial charge on any atom is 0.261 e. The van der Waals surface area contributed by atoms with Crippen molar-refractivity contribution in [2.75, 3.05) is 12.4 Å². The summed E-state index contributed by atoms with van der Waals surface area (Å²) < 4.78 is 7.10. The number of anilines is 1. The summed E-state index contributed by atoms with van der Waals surface area (Å²) in [5, 5.41) is 3.19. The molecule has 156 valence electrons. The number of rotatable bonds is 5. The van der Waals surface area contributed by atoms with Crippen LogP contribution < -0.4 is 15.6 Å². The topological polar surface area (TPSA) is 73.2 Å². The lowest BCUT2D eigenvalue weighted by Crippen LogP contribution is -2.24. The third-order valence-corrected chi connectivity index (χ3v) is 5.18. The Morgan fingerprint density at radius 3 is 2.52 bits per heavy atom. The van der Waals surface area contributed by atoms with E-state index in [1.54, 1.807) is 29.9 Å². The second-order valence-corrected chi connectivity index (χ2v) is 7.36. The van der Waals surface area contributed by atoms with Gasteiger partial charge in [-0.15, -0.1) is 0 Å². The lowest BCUT2D eigenvalue weighted by Gasteiger charge is -2.13. The maximum absolute atomic E-state index is 13.2. The first-order chi connectivity index (χ1) is 15.0. The van der Waals surface area contributed by atoms with E-state index in [4.69, 9.17) is 4.74 Å². The second kappa shape index (κ2) is 8.44. The van der Waals surface area contributed by atoms with Crippen LogP contribution in [0.3, 0.4) is 0 Å². The first kappa shape index (κ1) is 20.3. The van der Waals surface area contributed by atoms with Gasteiger partial charge in [-0.25, -0.2) is 4.98 Å². The maximum atomic E-state index is 13.2. The molecule has 0 saturated heterocycles. The van der Waals surface area contributed by atoms with E-state index in [2.05, 4.69) is 10.3 Å². The van der Waals surface area contributed by atoms with Crippen LogP contribution in [0.25, 0.3) is 22.0 Å². The van der Waals surface area contributed by atoms with Crippen LogP contribution in [0.2, 0.25) is 0 Å². The van der Waals surface area contributed by atoms with Crippen molar-refractivity contribution in [1.82, 2.24) is 9.55 Å². The fourth-order valence-corrected chi connectivity index (χ4v) is 3.65. The van der Waals surface area contributed by atoms with Gasteiger partial charge in [0.25, 0.3) is 5.56 Å². The highest BCUT2D eigenvalue weighted by Gasteiger charge is 2.11. The molecule has 1 aromatic heterocycles. The molecule has 0 spiro atoms. The molecule has 4 rings (SSSR count). The summed E-state index contributed by atoms with van der Waals surface area (Å²) in [5.41, 5.74) is 4.10. The first-order valence-corrected chi connectivity index (χ1v) is 9.97. The molecule has 0 bridgehead atoms. The monoisotopic (exact) mass is 413 g/mol. The summed E-state index contributed by atoms with van der Waals surface area (Å²) >= 11 is 0. The minimum Gasteiger partial charge on any atom is -0.496 e. The predicted molar refractivity (Wildman–Crippen MR) is 123 cm³/mol. The molecule has 0 atom stereocenters. The van der Waals surface area contributed by atoms with Gasteiger partial charge >= 0.3 is 0 Å². The van der Waals surface area contributed by atoms with Crippen molar-refractivity contribution in [3.63, 3.8) is 0 Å². The fraction of sp³-hybridized carbons (Fsp3) is 0.160. The Morgan fingerprint density at radius 2 is 1.81 bits per heavy atom. The fourth-order valence-electron chi connectivity index (χ4n) is 3.65. The minimum atomic E-state index is -0.185. The molecule has 0 unspecified atom stereocenters. The number of amides is 1. The van der Waals surface area contributed by atoms with Gasteiger partial charge in [-0.05, 0) is 42.3 Å². The third-order valence-electron chi connectivity index (χ3n) is 5.18. The van der Waals surface area contributed by atoms with E-state index in [1.807, 2.05) is 55.5 Å². The summed E-state index contributed by atoms with van der Waals surface area (Å²) in [7, 11) is 1.66. The van der Waals surface area contributed by atoms with Crippen LogP contribution >= 0.6 is 0 Å². The molecule has 0 aliphatic rings. The van der Waals surface area contributed by atoms with Gasteiger partial charge < -0.3 is 10.1 Å². The van der Waals surface area contributed by atoms with Crippen LogP contribution in [0.15, 0.2) is 71.5 Å². The van der Waals surface area contributed by atoms with Gasteiger partial charge in [-0.1, -0.05) is 42.5 Å². The van der Waals surface area contributed by atoms with E-state index < -0.39 is 0 Å². The van der Waals surface area contributed by atoms with Gasteiger partial charge in [0, 0.05) is 18.2 Å². The predicted octanol–water partition coefficient (Wildman–Crippen LogP) is 4.39. The number of ether oxygens (including phenoxy) is 1. The Morgan fingerprint density at radius 1 is 1.06 bits per heavy atom. The van der Waals surface area contributed by atoms with Crippen molar-refractivity contribution in [2.45, 2.75) is 20.4 Å². The molecule has 4 aromatic rings. The van der Waals surface area contributed by atoms with Crippen molar-refractivity contribution in [3.05, 3.63) is 88.5 Å². The van der Waals surface area contributed by atoms with Gasteiger partial charge in [-0.3, -0.25) is 14.2 Å². The standard InChI is InChI=1S/C25H23N3O3/c1-16-26-23-13-12-20(27-17(2)29)14-22(23)25(30)28(16)15-18-8-10-19(11-9-18)21-6-4-5-7-24(21)31-3/h4-14H,15H2,1-3H3,(H,27,29). The van der Waals surface area contributed by atoms with E-state index in [0.717, 1.165) is 22.4 Å².